The molecule has 2 atom stereocenters. The number of fused-ring (bicyclic) bond motifs is 1. The minimum atomic E-state index is -0.685. The quantitative estimate of drug-likeness (QED) is 0.184. The van der Waals surface area contributed by atoms with Crippen LogP contribution in [0.1, 0.15) is 63.6 Å². The van der Waals surface area contributed by atoms with Crippen molar-refractivity contribution in [3.8, 4) is 11.1 Å². The van der Waals surface area contributed by atoms with Crippen molar-refractivity contribution in [2.24, 2.45) is 0 Å². The van der Waals surface area contributed by atoms with Crippen molar-refractivity contribution in [1.82, 2.24) is 19.8 Å². The molecule has 10 heteroatoms. The van der Waals surface area contributed by atoms with Crippen molar-refractivity contribution in [3.63, 3.8) is 0 Å². The minimum absolute atomic E-state index is 0.0517. The van der Waals surface area contributed by atoms with Crippen molar-refractivity contribution in [1.29, 1.82) is 0 Å². The molecule has 2 unspecified atom stereocenters. The van der Waals surface area contributed by atoms with E-state index in [0.717, 1.165) is 47.2 Å². The lowest BCUT2D eigenvalue weighted by Gasteiger charge is -2.34. The number of benzene rings is 2. The highest BCUT2D eigenvalue weighted by Gasteiger charge is 2.30. The number of H-pyrrole nitrogens is 1. The van der Waals surface area contributed by atoms with Gasteiger partial charge in [0.25, 0.3) is 0 Å². The average Bonchev–Trinajstić information content (AvgIpc) is 3.40. The predicted octanol–water partition coefficient (Wildman–Crippen LogP) is 6.40. The Kier molecular flexibility index (Phi) is 10.8. The number of halogens is 1. The number of nitrogens with zero attached hydrogens (tertiary/aromatic N) is 2. The number of piperidine rings is 1. The average molecular weight is 645 g/mol. The number of carbonyl (C=O) groups is 2. The number of aryl methyl sites for hydroxylation is 1. The van der Waals surface area contributed by atoms with Crippen LogP contribution in [0.5, 0.6) is 0 Å². The summed E-state index contributed by atoms with van der Waals surface area (Å²) in [4.78, 5) is 43.0. The van der Waals surface area contributed by atoms with Gasteiger partial charge < -0.3 is 29.2 Å². The van der Waals surface area contributed by atoms with E-state index in [0.29, 0.717) is 38.0 Å². The Morgan fingerprint density at radius 2 is 1.87 bits per heavy atom. The molecule has 2 amide bonds. The van der Waals surface area contributed by atoms with E-state index in [9.17, 15) is 18.8 Å². The highest BCUT2D eigenvalue weighted by molar-refractivity contribution is 5.82. The van der Waals surface area contributed by atoms with Crippen molar-refractivity contribution in [2.75, 3.05) is 26.8 Å². The van der Waals surface area contributed by atoms with Crippen molar-refractivity contribution < 1.29 is 23.5 Å². The zero-order valence-corrected chi connectivity index (χ0v) is 27.7. The summed E-state index contributed by atoms with van der Waals surface area (Å²) in [6.45, 7) is 7.84. The third kappa shape index (κ3) is 8.88. The maximum atomic E-state index is 14.8. The molecule has 5 rings (SSSR count). The van der Waals surface area contributed by atoms with Gasteiger partial charge in [-0.1, -0.05) is 30.3 Å². The molecule has 2 aromatic carbocycles. The number of rotatable bonds is 11. The Labute approximate surface area is 275 Å². The first-order chi connectivity index (χ1) is 22.5. The van der Waals surface area contributed by atoms with Gasteiger partial charge in [0.05, 0.1) is 5.52 Å². The lowest BCUT2D eigenvalue weighted by molar-refractivity contribution is -0.132. The normalized spacial score (nSPS) is 15.9. The Hall–Kier alpha value is -4.44. The summed E-state index contributed by atoms with van der Waals surface area (Å²) in [7, 11) is 1.67. The first-order valence-corrected chi connectivity index (χ1v) is 16.3. The molecule has 0 radical (unpaired) electrons. The number of amides is 2. The van der Waals surface area contributed by atoms with Crippen LogP contribution in [0.4, 0.5) is 9.18 Å². The zero-order valence-electron chi connectivity index (χ0n) is 27.7. The number of pyridine rings is 1. The number of alkyl carbamates (subject to hydrolysis) is 1. The molecule has 3 heterocycles. The predicted molar refractivity (Wildman–Crippen MR) is 181 cm³/mol. The standard InChI is InChI=1S/C37H45FN4O5/c1-37(2,3)47-36(45)40-29(20-25-11-13-26(14-12-25)27-15-16-39-34(43)21-27)22-35(44)41-17-6-8-28(24-41)33-23-30-31(38)9-5-10-32(30)42(33)18-7-19-46-4/h5,9-16,21,23,28-29H,6-8,17-20,22,24H2,1-4H3,(H,39,43)(H,40,45). The van der Waals surface area contributed by atoms with Crippen LogP contribution in [0.25, 0.3) is 22.0 Å². The van der Waals surface area contributed by atoms with Gasteiger partial charge in [0.2, 0.25) is 11.5 Å². The lowest BCUT2D eigenvalue weighted by atomic mass is 9.93. The summed E-state index contributed by atoms with van der Waals surface area (Å²) in [5.74, 6) is -0.249. The summed E-state index contributed by atoms with van der Waals surface area (Å²) in [6, 6.07) is 17.7. The second-order valence-corrected chi connectivity index (χ2v) is 13.3. The van der Waals surface area contributed by atoms with Gasteiger partial charge in [-0.2, -0.15) is 0 Å². The van der Waals surface area contributed by atoms with Gasteiger partial charge in [-0.05, 0) is 87.4 Å². The SMILES string of the molecule is COCCCn1c(C2CCCN(C(=O)CC(Cc3ccc(-c4cc[nH]c(=O)c4)cc3)NC(=O)OC(C)(C)C)C2)cc2c(F)cccc21. The van der Waals surface area contributed by atoms with Crippen LogP contribution in [-0.4, -0.2) is 64.9 Å². The van der Waals surface area contributed by atoms with Gasteiger partial charge in [-0.25, -0.2) is 9.18 Å². The van der Waals surface area contributed by atoms with Crippen molar-refractivity contribution in [3.05, 3.63) is 94.3 Å². The summed E-state index contributed by atoms with van der Waals surface area (Å²) >= 11 is 0. The minimum Gasteiger partial charge on any atom is -0.444 e. The molecule has 2 aromatic heterocycles. The van der Waals surface area contributed by atoms with Crippen LogP contribution in [0.2, 0.25) is 0 Å². The van der Waals surface area contributed by atoms with E-state index in [1.807, 2.05) is 47.4 Å². The van der Waals surface area contributed by atoms with E-state index in [4.69, 9.17) is 9.47 Å². The maximum Gasteiger partial charge on any atom is 0.407 e. The van der Waals surface area contributed by atoms with Gasteiger partial charge in [-0.15, -0.1) is 0 Å². The number of aromatic amines is 1. The van der Waals surface area contributed by atoms with E-state index in [1.165, 1.54) is 6.07 Å². The van der Waals surface area contributed by atoms with Crippen LogP contribution in [0, 0.1) is 5.82 Å². The van der Waals surface area contributed by atoms with Gasteiger partial charge in [0.1, 0.15) is 11.4 Å². The summed E-state index contributed by atoms with van der Waals surface area (Å²) in [5.41, 5.74) is 3.66. The number of carbonyl (C=O) groups excluding carboxylic acids is 2. The molecule has 0 bridgehead atoms. The topological polar surface area (TPSA) is 106 Å². The number of ether oxygens (including phenoxy) is 2. The Balaban J connectivity index is 1.32. The third-order valence-electron chi connectivity index (χ3n) is 8.53. The number of hydrogen-bond donors (Lipinski definition) is 2. The number of likely N-dealkylation sites (tertiary alicyclic amines) is 1. The third-order valence-corrected chi connectivity index (χ3v) is 8.53. The zero-order chi connectivity index (χ0) is 33.6. The fourth-order valence-electron chi connectivity index (χ4n) is 6.40. The highest BCUT2D eigenvalue weighted by atomic mass is 19.1. The Morgan fingerprint density at radius 3 is 2.60 bits per heavy atom. The molecular weight excluding hydrogens is 599 g/mol. The van der Waals surface area contributed by atoms with Crippen LogP contribution < -0.4 is 10.9 Å². The van der Waals surface area contributed by atoms with Crippen LogP contribution in [0.3, 0.4) is 0 Å². The molecule has 47 heavy (non-hydrogen) atoms. The van der Waals surface area contributed by atoms with Crippen molar-refractivity contribution in [2.45, 2.75) is 77.0 Å². The first kappa shape index (κ1) is 33.9. The smallest absolute Gasteiger partial charge is 0.407 e. The second-order valence-electron chi connectivity index (χ2n) is 13.3. The fourth-order valence-corrected chi connectivity index (χ4v) is 6.40. The summed E-state index contributed by atoms with van der Waals surface area (Å²) < 4.78 is 27.8. The van der Waals surface area contributed by atoms with Gasteiger partial charge in [0, 0.05) is 75.1 Å². The van der Waals surface area contributed by atoms with E-state index in [2.05, 4.69) is 14.9 Å². The van der Waals surface area contributed by atoms with Gasteiger partial charge in [0.15, 0.2) is 0 Å². The van der Waals surface area contributed by atoms with E-state index in [1.54, 1.807) is 46.2 Å². The highest BCUT2D eigenvalue weighted by Crippen LogP contribution is 2.33. The molecule has 0 aliphatic carbocycles. The van der Waals surface area contributed by atoms with Gasteiger partial charge in [-0.3, -0.25) is 9.59 Å². The number of aromatic nitrogens is 2. The molecule has 250 valence electrons. The number of hydrogen-bond acceptors (Lipinski definition) is 5. The molecule has 0 saturated carbocycles. The molecule has 1 aliphatic rings. The Bertz CT molecular complexity index is 1740. The molecule has 4 aromatic rings. The van der Waals surface area contributed by atoms with Gasteiger partial charge >= 0.3 is 6.09 Å². The van der Waals surface area contributed by atoms with E-state index >= 15 is 0 Å². The molecule has 2 N–H and O–H groups in total. The van der Waals surface area contributed by atoms with E-state index in [-0.39, 0.29) is 29.6 Å². The first-order valence-electron chi connectivity index (χ1n) is 16.3. The van der Waals surface area contributed by atoms with Crippen LogP contribution in [0.15, 0.2) is 71.7 Å². The molecule has 9 nitrogen and oxygen atoms in total. The van der Waals surface area contributed by atoms with Crippen molar-refractivity contribution >= 4 is 22.9 Å². The molecule has 1 saturated heterocycles. The lowest BCUT2D eigenvalue weighted by Crippen LogP contribution is -2.46. The summed E-state index contributed by atoms with van der Waals surface area (Å²) in [5, 5.41) is 3.53. The molecular formula is C37H45FN4O5. The van der Waals surface area contributed by atoms with Crippen LogP contribution in [-0.2, 0) is 27.2 Å². The molecule has 0 spiro atoms. The fraction of sp³-hybridized carbons (Fsp3) is 0.432. The molecule has 1 fully saturated rings. The summed E-state index contributed by atoms with van der Waals surface area (Å²) in [6.07, 6.45) is 4.08. The number of methoxy groups -OCH3 is 1. The second kappa shape index (κ2) is 15.0. The largest absolute Gasteiger partial charge is 0.444 e. The van der Waals surface area contributed by atoms with E-state index < -0.39 is 17.7 Å². The maximum absolute atomic E-state index is 14.8. The monoisotopic (exact) mass is 644 g/mol. The Morgan fingerprint density at radius 1 is 1.09 bits per heavy atom. The molecule has 1 aliphatic heterocycles. The van der Waals surface area contributed by atoms with Crippen LogP contribution >= 0.6 is 0 Å². The number of nitrogens with one attached hydrogen (secondary N) is 2.